The van der Waals surface area contributed by atoms with Crippen molar-refractivity contribution in [1.82, 2.24) is 10.3 Å². The molecule has 90 valence electrons. The summed E-state index contributed by atoms with van der Waals surface area (Å²) in [7, 11) is 0. The number of hydrogen-bond acceptors (Lipinski definition) is 2. The lowest BCUT2D eigenvalue weighted by Gasteiger charge is -2.26. The SMILES string of the molecule is CCNC(c1cncc(F)c1)C(CC)CC. The Morgan fingerprint density at radius 2 is 1.94 bits per heavy atom. The second-order valence-corrected chi connectivity index (χ2v) is 4.05. The molecule has 3 heteroatoms. The van der Waals surface area contributed by atoms with Crippen molar-refractivity contribution in [2.45, 2.75) is 39.7 Å². The summed E-state index contributed by atoms with van der Waals surface area (Å²) in [5.41, 5.74) is 0.954. The third-order valence-electron chi connectivity index (χ3n) is 3.03. The zero-order chi connectivity index (χ0) is 12.0. The predicted molar refractivity (Wildman–Crippen MR) is 64.7 cm³/mol. The van der Waals surface area contributed by atoms with Crippen LogP contribution in [0.3, 0.4) is 0 Å². The fraction of sp³-hybridized carbons (Fsp3) is 0.615. The van der Waals surface area contributed by atoms with Gasteiger partial charge in [0.15, 0.2) is 0 Å². The van der Waals surface area contributed by atoms with Crippen LogP contribution in [0.2, 0.25) is 0 Å². The molecule has 0 saturated heterocycles. The van der Waals surface area contributed by atoms with Crippen LogP contribution in [-0.4, -0.2) is 11.5 Å². The molecule has 1 heterocycles. The smallest absolute Gasteiger partial charge is 0.141 e. The highest BCUT2D eigenvalue weighted by Gasteiger charge is 2.19. The van der Waals surface area contributed by atoms with Gasteiger partial charge in [0.2, 0.25) is 0 Å². The van der Waals surface area contributed by atoms with Crippen molar-refractivity contribution in [2.75, 3.05) is 6.54 Å². The van der Waals surface area contributed by atoms with Gasteiger partial charge in [0.1, 0.15) is 5.82 Å². The molecule has 1 aromatic rings. The van der Waals surface area contributed by atoms with Crippen molar-refractivity contribution in [2.24, 2.45) is 5.92 Å². The van der Waals surface area contributed by atoms with Gasteiger partial charge in [-0.1, -0.05) is 33.6 Å². The maximum Gasteiger partial charge on any atom is 0.141 e. The van der Waals surface area contributed by atoms with E-state index in [1.54, 1.807) is 12.3 Å². The van der Waals surface area contributed by atoms with Crippen molar-refractivity contribution in [3.63, 3.8) is 0 Å². The number of hydrogen-bond donors (Lipinski definition) is 1. The van der Waals surface area contributed by atoms with E-state index in [2.05, 4.69) is 31.1 Å². The average Bonchev–Trinajstić information content (AvgIpc) is 2.29. The first kappa shape index (κ1) is 13.1. The van der Waals surface area contributed by atoms with Gasteiger partial charge in [0.05, 0.1) is 6.20 Å². The van der Waals surface area contributed by atoms with E-state index in [9.17, 15) is 4.39 Å². The standard InChI is InChI=1S/C13H21FN2/c1-4-10(5-2)13(16-6-3)11-7-12(14)9-15-8-11/h7-10,13,16H,4-6H2,1-3H3. The molecule has 1 N–H and O–H groups in total. The van der Waals surface area contributed by atoms with Gasteiger partial charge in [-0.15, -0.1) is 0 Å². The van der Waals surface area contributed by atoms with E-state index >= 15 is 0 Å². The summed E-state index contributed by atoms with van der Waals surface area (Å²) in [4.78, 5) is 3.92. The zero-order valence-corrected chi connectivity index (χ0v) is 10.3. The molecule has 0 amide bonds. The quantitative estimate of drug-likeness (QED) is 0.802. The van der Waals surface area contributed by atoms with Gasteiger partial charge in [-0.25, -0.2) is 4.39 Å². The molecule has 16 heavy (non-hydrogen) atoms. The zero-order valence-electron chi connectivity index (χ0n) is 10.3. The normalized spacial score (nSPS) is 13.1. The minimum Gasteiger partial charge on any atom is -0.310 e. The highest BCUT2D eigenvalue weighted by atomic mass is 19.1. The van der Waals surface area contributed by atoms with E-state index < -0.39 is 0 Å². The molecule has 0 aliphatic rings. The number of pyridine rings is 1. The van der Waals surface area contributed by atoms with Gasteiger partial charge in [-0.05, 0) is 24.1 Å². The van der Waals surface area contributed by atoms with E-state index in [4.69, 9.17) is 0 Å². The maximum atomic E-state index is 13.1. The van der Waals surface area contributed by atoms with Gasteiger partial charge in [-0.3, -0.25) is 4.98 Å². The highest BCUT2D eigenvalue weighted by molar-refractivity contribution is 5.16. The molecule has 2 nitrogen and oxygen atoms in total. The fourth-order valence-electron chi connectivity index (χ4n) is 2.14. The summed E-state index contributed by atoms with van der Waals surface area (Å²) in [6, 6.07) is 1.79. The number of halogens is 1. The van der Waals surface area contributed by atoms with Crippen molar-refractivity contribution in [3.8, 4) is 0 Å². The van der Waals surface area contributed by atoms with Crippen LogP contribution >= 0.6 is 0 Å². The number of rotatable bonds is 6. The van der Waals surface area contributed by atoms with Crippen LogP contribution in [0, 0.1) is 11.7 Å². The number of aromatic nitrogens is 1. The largest absolute Gasteiger partial charge is 0.310 e. The number of nitrogens with zero attached hydrogens (tertiary/aromatic N) is 1. The Kier molecular flexibility index (Phi) is 5.39. The van der Waals surface area contributed by atoms with Crippen LogP contribution in [0.4, 0.5) is 4.39 Å². The first-order valence-electron chi connectivity index (χ1n) is 6.06. The summed E-state index contributed by atoms with van der Waals surface area (Å²) in [6.45, 7) is 7.30. The van der Waals surface area contributed by atoms with Crippen molar-refractivity contribution < 1.29 is 4.39 Å². The van der Waals surface area contributed by atoms with E-state index in [1.807, 2.05) is 0 Å². The molecule has 0 fully saturated rings. The molecular formula is C13H21FN2. The molecule has 0 aliphatic carbocycles. The summed E-state index contributed by atoms with van der Waals surface area (Å²) < 4.78 is 13.1. The van der Waals surface area contributed by atoms with Crippen LogP contribution in [0.15, 0.2) is 18.5 Å². The molecule has 0 aliphatic heterocycles. The van der Waals surface area contributed by atoms with Crippen molar-refractivity contribution in [1.29, 1.82) is 0 Å². The molecule has 0 spiro atoms. The lowest BCUT2D eigenvalue weighted by Crippen LogP contribution is -2.28. The third-order valence-corrected chi connectivity index (χ3v) is 3.03. The summed E-state index contributed by atoms with van der Waals surface area (Å²) in [5, 5.41) is 3.42. The van der Waals surface area contributed by atoms with Gasteiger partial charge in [0, 0.05) is 12.2 Å². The summed E-state index contributed by atoms with van der Waals surface area (Å²) in [5.74, 6) is 0.273. The molecule has 0 aromatic carbocycles. The van der Waals surface area contributed by atoms with Crippen LogP contribution < -0.4 is 5.32 Å². The van der Waals surface area contributed by atoms with Gasteiger partial charge >= 0.3 is 0 Å². The predicted octanol–water partition coefficient (Wildman–Crippen LogP) is 3.31. The Morgan fingerprint density at radius 1 is 1.25 bits per heavy atom. The molecule has 0 radical (unpaired) electrons. The van der Waals surface area contributed by atoms with Gasteiger partial charge < -0.3 is 5.32 Å². The van der Waals surface area contributed by atoms with Gasteiger partial charge in [-0.2, -0.15) is 0 Å². The Bertz CT molecular complexity index is 311. The van der Waals surface area contributed by atoms with Crippen LogP contribution in [0.25, 0.3) is 0 Å². The summed E-state index contributed by atoms with van der Waals surface area (Å²) >= 11 is 0. The fourth-order valence-corrected chi connectivity index (χ4v) is 2.14. The lowest BCUT2D eigenvalue weighted by atomic mass is 9.89. The monoisotopic (exact) mass is 224 g/mol. The van der Waals surface area contributed by atoms with Crippen molar-refractivity contribution >= 4 is 0 Å². The molecule has 1 aromatic heterocycles. The van der Waals surface area contributed by atoms with E-state index in [1.165, 1.54) is 6.20 Å². The second-order valence-electron chi connectivity index (χ2n) is 4.05. The van der Waals surface area contributed by atoms with E-state index in [0.29, 0.717) is 5.92 Å². The highest BCUT2D eigenvalue weighted by Crippen LogP contribution is 2.27. The van der Waals surface area contributed by atoms with E-state index in [-0.39, 0.29) is 11.9 Å². The molecule has 1 unspecified atom stereocenters. The average molecular weight is 224 g/mol. The van der Waals surface area contributed by atoms with Gasteiger partial charge in [0.25, 0.3) is 0 Å². The van der Waals surface area contributed by atoms with E-state index in [0.717, 1.165) is 24.9 Å². The Morgan fingerprint density at radius 3 is 2.44 bits per heavy atom. The van der Waals surface area contributed by atoms with Crippen LogP contribution in [0.5, 0.6) is 0 Å². The topological polar surface area (TPSA) is 24.9 Å². The van der Waals surface area contributed by atoms with Crippen molar-refractivity contribution in [3.05, 3.63) is 29.8 Å². The Balaban J connectivity index is 2.91. The minimum absolute atomic E-state index is 0.211. The Labute approximate surface area is 97.3 Å². The molecule has 0 bridgehead atoms. The molecular weight excluding hydrogens is 203 g/mol. The van der Waals surface area contributed by atoms with Crippen LogP contribution in [-0.2, 0) is 0 Å². The number of nitrogens with one attached hydrogen (secondary N) is 1. The second kappa shape index (κ2) is 6.59. The lowest BCUT2D eigenvalue weighted by molar-refractivity contribution is 0.345. The van der Waals surface area contributed by atoms with Crippen LogP contribution in [0.1, 0.15) is 45.2 Å². The first-order valence-corrected chi connectivity index (χ1v) is 6.06. The first-order chi connectivity index (χ1) is 7.72. The Hall–Kier alpha value is -0.960. The maximum absolute atomic E-state index is 13.1. The molecule has 1 rings (SSSR count). The summed E-state index contributed by atoms with van der Waals surface area (Å²) in [6.07, 6.45) is 5.18. The molecule has 0 saturated carbocycles. The third kappa shape index (κ3) is 3.27. The molecule has 1 atom stereocenters. The minimum atomic E-state index is -0.258.